The Morgan fingerprint density at radius 1 is 1.21 bits per heavy atom. The number of nitrogen functional groups attached to an aromatic ring is 1. The number of hydrogen-bond donors (Lipinski definition) is 1. The molecule has 2 aromatic rings. The zero-order valence-corrected chi connectivity index (χ0v) is 13.3. The topological polar surface area (TPSA) is 84.6 Å². The molecule has 0 spiro atoms. The third-order valence-electron chi connectivity index (χ3n) is 4.70. The van der Waals surface area contributed by atoms with E-state index in [1.807, 2.05) is 29.2 Å². The average Bonchev–Trinajstić information content (AvgIpc) is 2.92. The highest BCUT2D eigenvalue weighted by Crippen LogP contribution is 2.33. The van der Waals surface area contributed by atoms with Crippen LogP contribution in [0.1, 0.15) is 5.56 Å². The van der Waals surface area contributed by atoms with E-state index in [2.05, 4.69) is 27.0 Å². The van der Waals surface area contributed by atoms with Crippen molar-refractivity contribution in [1.29, 1.82) is 0 Å². The first-order valence-electron chi connectivity index (χ1n) is 7.98. The molecule has 1 amide bonds. The van der Waals surface area contributed by atoms with Crippen LogP contribution < -0.4 is 10.6 Å². The third kappa shape index (κ3) is 2.51. The molecular weight excluding hydrogens is 306 g/mol. The summed E-state index contributed by atoms with van der Waals surface area (Å²) in [4.78, 5) is 24.4. The van der Waals surface area contributed by atoms with E-state index in [9.17, 15) is 4.79 Å². The Bertz CT molecular complexity index is 754. The minimum atomic E-state index is -0.379. The molecule has 24 heavy (non-hydrogen) atoms. The average molecular weight is 325 g/mol. The van der Waals surface area contributed by atoms with Crippen molar-refractivity contribution >= 4 is 17.9 Å². The molecule has 3 heterocycles. The number of fused-ring (bicyclic) bond motifs is 1. The molecule has 1 aromatic carbocycles. The van der Waals surface area contributed by atoms with Crippen molar-refractivity contribution < 1.29 is 9.53 Å². The Hall–Kier alpha value is -2.83. The van der Waals surface area contributed by atoms with Crippen LogP contribution in [0, 0.1) is 0 Å². The van der Waals surface area contributed by atoms with Gasteiger partial charge in [-0.15, -0.1) is 0 Å². The lowest BCUT2D eigenvalue weighted by Gasteiger charge is -2.45. The molecule has 0 radical (unpaired) electrons. The molecule has 2 aliphatic rings. The Morgan fingerprint density at radius 2 is 2.04 bits per heavy atom. The maximum Gasteiger partial charge on any atom is 0.410 e. The van der Waals surface area contributed by atoms with Crippen LogP contribution >= 0.6 is 0 Å². The predicted octanol–water partition coefficient (Wildman–Crippen LogP) is 1.31. The summed E-state index contributed by atoms with van der Waals surface area (Å²) in [5.41, 5.74) is 6.52. The fourth-order valence-corrected chi connectivity index (χ4v) is 3.57. The number of amides is 1. The van der Waals surface area contributed by atoms with E-state index in [0.29, 0.717) is 26.2 Å². The molecule has 1 atom stereocenters. The fraction of sp³-hybridized carbons (Fsp3) is 0.353. The minimum Gasteiger partial charge on any atom is -0.447 e. The second kappa shape index (κ2) is 5.67. The lowest BCUT2D eigenvalue weighted by Crippen LogP contribution is -2.62. The number of anilines is 2. The van der Waals surface area contributed by atoms with Gasteiger partial charge in [-0.1, -0.05) is 30.3 Å². The SMILES string of the molecule is Nc1nccc(N2CCN3C(=O)OCC3(Cc3ccccc3)C2)n1. The van der Waals surface area contributed by atoms with Crippen molar-refractivity contribution in [2.75, 3.05) is 36.9 Å². The number of nitrogens with zero attached hydrogens (tertiary/aromatic N) is 4. The van der Waals surface area contributed by atoms with E-state index < -0.39 is 0 Å². The monoisotopic (exact) mass is 325 g/mol. The number of cyclic esters (lactones) is 1. The highest BCUT2D eigenvalue weighted by atomic mass is 16.6. The van der Waals surface area contributed by atoms with Crippen molar-refractivity contribution in [3.05, 3.63) is 48.2 Å². The van der Waals surface area contributed by atoms with Crippen molar-refractivity contribution in [2.24, 2.45) is 0 Å². The van der Waals surface area contributed by atoms with Gasteiger partial charge in [-0.05, 0) is 11.6 Å². The molecule has 1 aromatic heterocycles. The van der Waals surface area contributed by atoms with Crippen molar-refractivity contribution in [3.63, 3.8) is 0 Å². The van der Waals surface area contributed by atoms with Crippen LogP contribution in [0.15, 0.2) is 42.6 Å². The van der Waals surface area contributed by atoms with Crippen LogP contribution in [0.5, 0.6) is 0 Å². The van der Waals surface area contributed by atoms with E-state index in [0.717, 1.165) is 12.2 Å². The summed E-state index contributed by atoms with van der Waals surface area (Å²) in [7, 11) is 0. The van der Waals surface area contributed by atoms with Gasteiger partial charge in [-0.3, -0.25) is 4.90 Å². The van der Waals surface area contributed by atoms with Gasteiger partial charge >= 0.3 is 6.09 Å². The molecule has 0 saturated carbocycles. The molecule has 124 valence electrons. The first kappa shape index (κ1) is 14.7. The Morgan fingerprint density at radius 3 is 2.83 bits per heavy atom. The Labute approximate surface area is 140 Å². The van der Waals surface area contributed by atoms with Gasteiger partial charge in [0.05, 0.1) is 0 Å². The van der Waals surface area contributed by atoms with Gasteiger partial charge in [0.15, 0.2) is 0 Å². The fourth-order valence-electron chi connectivity index (χ4n) is 3.57. The number of rotatable bonds is 3. The standard InChI is InChI=1S/C17H19N5O2/c18-15-19-7-6-14(20-15)21-8-9-22-16(23)24-12-17(22,11-21)10-13-4-2-1-3-5-13/h1-7H,8-12H2,(H2,18,19,20). The number of hydrogen-bond acceptors (Lipinski definition) is 6. The molecule has 2 aliphatic heterocycles. The smallest absolute Gasteiger partial charge is 0.410 e. The molecule has 1 unspecified atom stereocenters. The van der Waals surface area contributed by atoms with Crippen molar-refractivity contribution in [2.45, 2.75) is 12.0 Å². The van der Waals surface area contributed by atoms with Crippen LogP contribution in [-0.4, -0.2) is 52.7 Å². The van der Waals surface area contributed by atoms with E-state index in [1.54, 1.807) is 6.20 Å². The van der Waals surface area contributed by atoms with Gasteiger partial charge in [0.25, 0.3) is 0 Å². The number of carbonyl (C=O) groups is 1. The zero-order valence-electron chi connectivity index (χ0n) is 13.3. The molecule has 7 nitrogen and oxygen atoms in total. The maximum absolute atomic E-state index is 12.1. The van der Waals surface area contributed by atoms with Crippen LogP contribution in [0.2, 0.25) is 0 Å². The Balaban J connectivity index is 1.64. The largest absolute Gasteiger partial charge is 0.447 e. The highest BCUT2D eigenvalue weighted by molar-refractivity contribution is 5.72. The van der Waals surface area contributed by atoms with Gasteiger partial charge in [0, 0.05) is 32.3 Å². The summed E-state index contributed by atoms with van der Waals surface area (Å²) < 4.78 is 5.39. The molecule has 2 N–H and O–H groups in total. The number of nitrogens with two attached hydrogens (primary N) is 1. The normalized spacial score (nSPS) is 23.1. The van der Waals surface area contributed by atoms with Crippen molar-refractivity contribution in [3.8, 4) is 0 Å². The summed E-state index contributed by atoms with van der Waals surface area (Å²) in [5.74, 6) is 1.04. The first-order chi connectivity index (χ1) is 11.7. The van der Waals surface area contributed by atoms with E-state index in [4.69, 9.17) is 10.5 Å². The number of piperazine rings is 1. The van der Waals surface area contributed by atoms with Crippen LogP contribution in [0.25, 0.3) is 0 Å². The quantitative estimate of drug-likeness (QED) is 0.916. The molecular formula is C17H19N5O2. The number of aromatic nitrogens is 2. The molecule has 0 bridgehead atoms. The molecule has 0 aliphatic carbocycles. The van der Waals surface area contributed by atoms with Gasteiger partial charge in [0.2, 0.25) is 5.95 Å². The van der Waals surface area contributed by atoms with Gasteiger partial charge in [-0.25, -0.2) is 9.78 Å². The minimum absolute atomic E-state index is 0.229. The van der Waals surface area contributed by atoms with Gasteiger partial charge < -0.3 is 15.4 Å². The van der Waals surface area contributed by atoms with Crippen LogP contribution in [0.4, 0.5) is 16.6 Å². The van der Waals surface area contributed by atoms with Crippen LogP contribution in [0.3, 0.4) is 0 Å². The van der Waals surface area contributed by atoms with E-state index >= 15 is 0 Å². The summed E-state index contributed by atoms with van der Waals surface area (Å²) in [6.45, 7) is 2.35. The molecule has 2 fully saturated rings. The van der Waals surface area contributed by atoms with Crippen molar-refractivity contribution in [1.82, 2.24) is 14.9 Å². The number of ether oxygens (including phenoxy) is 1. The second-order valence-electron chi connectivity index (χ2n) is 6.29. The van der Waals surface area contributed by atoms with Gasteiger partial charge in [0.1, 0.15) is 18.0 Å². The molecule has 7 heteroatoms. The summed E-state index contributed by atoms with van der Waals surface area (Å²) >= 11 is 0. The van der Waals surface area contributed by atoms with Gasteiger partial charge in [-0.2, -0.15) is 4.98 Å². The molecule has 2 saturated heterocycles. The number of benzene rings is 1. The Kier molecular flexibility index (Phi) is 3.48. The summed E-state index contributed by atoms with van der Waals surface area (Å²) in [6, 6.07) is 12.0. The highest BCUT2D eigenvalue weighted by Gasteiger charge is 2.50. The van der Waals surface area contributed by atoms with E-state index in [1.165, 1.54) is 5.56 Å². The zero-order chi connectivity index (χ0) is 16.6. The summed E-state index contributed by atoms with van der Waals surface area (Å²) in [6.07, 6.45) is 2.17. The van der Waals surface area contributed by atoms with E-state index in [-0.39, 0.29) is 17.6 Å². The molecule has 4 rings (SSSR count). The van der Waals surface area contributed by atoms with Crippen LogP contribution in [-0.2, 0) is 11.2 Å². The number of carbonyl (C=O) groups excluding carboxylic acids is 1. The third-order valence-corrected chi connectivity index (χ3v) is 4.70. The first-order valence-corrected chi connectivity index (χ1v) is 7.98. The summed E-state index contributed by atoms with van der Waals surface area (Å²) in [5, 5.41) is 0. The lowest BCUT2D eigenvalue weighted by atomic mass is 9.88. The second-order valence-corrected chi connectivity index (χ2v) is 6.29. The lowest BCUT2D eigenvalue weighted by molar-refractivity contribution is 0.140. The predicted molar refractivity (Wildman–Crippen MR) is 89.6 cm³/mol. The maximum atomic E-state index is 12.1.